The van der Waals surface area contributed by atoms with Crippen molar-refractivity contribution in [3.8, 4) is 0 Å². The molecule has 2 aromatic carbocycles. The average molecular weight is 521 g/mol. The number of halogens is 1. The van der Waals surface area contributed by atoms with Crippen molar-refractivity contribution < 1.29 is 32.1 Å². The van der Waals surface area contributed by atoms with Gasteiger partial charge in [0.25, 0.3) is 0 Å². The first-order valence-corrected chi connectivity index (χ1v) is 13.8. The van der Waals surface area contributed by atoms with Gasteiger partial charge in [0, 0.05) is 18.4 Å². The predicted octanol–water partition coefficient (Wildman–Crippen LogP) is 7.86. The van der Waals surface area contributed by atoms with Crippen molar-refractivity contribution in [3.63, 3.8) is 0 Å². The molecule has 0 atom stereocenters. The first kappa shape index (κ1) is 29.8. The Morgan fingerprint density at radius 3 is 1.89 bits per heavy atom. The van der Waals surface area contributed by atoms with E-state index >= 15 is 0 Å². The van der Waals surface area contributed by atoms with Crippen molar-refractivity contribution >= 4 is 19.4 Å². The van der Waals surface area contributed by atoms with Crippen LogP contribution in [0.1, 0.15) is 77.0 Å². The summed E-state index contributed by atoms with van der Waals surface area (Å²) in [6.07, 6.45) is 2.21. The normalized spacial score (nSPS) is 12.6. The second-order valence-electron chi connectivity index (χ2n) is 9.03. The lowest BCUT2D eigenvalue weighted by Gasteiger charge is -2.25. The number of methoxy groups -OCH3 is 1. The first-order valence-electron chi connectivity index (χ1n) is 12.4. The lowest BCUT2D eigenvalue weighted by molar-refractivity contribution is -0.140. The number of carbonyl (C=O) groups is 1. The van der Waals surface area contributed by atoms with Gasteiger partial charge in [-0.15, -0.1) is 0 Å². The van der Waals surface area contributed by atoms with Gasteiger partial charge >= 0.3 is 13.8 Å². The van der Waals surface area contributed by atoms with Gasteiger partial charge in [0.1, 0.15) is 11.6 Å². The lowest BCUT2D eigenvalue weighted by atomic mass is 9.94. The summed E-state index contributed by atoms with van der Waals surface area (Å²) in [5, 5.41) is 0. The van der Waals surface area contributed by atoms with Gasteiger partial charge in [-0.1, -0.05) is 49.7 Å². The summed E-state index contributed by atoms with van der Waals surface area (Å²) in [5.74, 6) is -0.174. The van der Waals surface area contributed by atoms with Crippen molar-refractivity contribution in [2.75, 3.05) is 7.11 Å². The molecule has 0 spiro atoms. The molecule has 0 aliphatic carbocycles. The Kier molecular flexibility index (Phi) is 11.8. The van der Waals surface area contributed by atoms with Gasteiger partial charge in [0.15, 0.2) is 0 Å². The third-order valence-electron chi connectivity index (χ3n) is 5.16. The van der Waals surface area contributed by atoms with Crippen LogP contribution in [0.4, 0.5) is 4.39 Å². The molecule has 2 aromatic rings. The van der Waals surface area contributed by atoms with Crippen LogP contribution < -0.4 is 0 Å². The number of allylic oxidation sites excluding steroid dienone is 1. The quantitative estimate of drug-likeness (QED) is 0.143. The van der Waals surface area contributed by atoms with Crippen LogP contribution in [-0.2, 0) is 34.1 Å². The fourth-order valence-corrected chi connectivity index (χ4v) is 5.19. The summed E-state index contributed by atoms with van der Waals surface area (Å²) in [5.41, 5.74) is 3.17. The fraction of sp³-hybridized carbons (Fsp3) is 0.464. The van der Waals surface area contributed by atoms with Crippen LogP contribution in [0.5, 0.6) is 0 Å². The van der Waals surface area contributed by atoms with E-state index in [0.29, 0.717) is 29.7 Å². The molecule has 0 fully saturated rings. The number of carbonyl (C=O) groups excluding carboxylic acids is 1. The second kappa shape index (κ2) is 14.3. The molecule has 0 radical (unpaired) electrons. The number of unbranched alkanes of at least 4 members (excludes halogenated alkanes) is 1. The molecule has 198 valence electrons. The van der Waals surface area contributed by atoms with Crippen LogP contribution in [0.15, 0.2) is 54.3 Å². The Morgan fingerprint density at radius 1 is 0.889 bits per heavy atom. The Morgan fingerprint density at radius 2 is 1.42 bits per heavy atom. The maximum Gasteiger partial charge on any atom is 0.530 e. The Bertz CT molecular complexity index is 1030. The van der Waals surface area contributed by atoms with Gasteiger partial charge in [-0.25, -0.2) is 8.96 Å². The lowest BCUT2D eigenvalue weighted by Crippen LogP contribution is -2.11. The minimum absolute atomic E-state index is 0.271. The van der Waals surface area contributed by atoms with Gasteiger partial charge in [0.2, 0.25) is 0 Å². The molecule has 0 saturated heterocycles. The van der Waals surface area contributed by atoms with E-state index in [1.807, 2.05) is 24.3 Å². The van der Waals surface area contributed by atoms with Gasteiger partial charge < -0.3 is 9.26 Å². The highest BCUT2D eigenvalue weighted by molar-refractivity contribution is 7.48. The molecular formula is C28H38FO6P. The number of phosphoric acid groups is 1. The topological polar surface area (TPSA) is 71.1 Å². The number of phosphoric ester groups is 1. The highest BCUT2D eigenvalue weighted by Crippen LogP contribution is 2.55. The van der Waals surface area contributed by atoms with Crippen molar-refractivity contribution in [2.24, 2.45) is 0 Å². The number of esters is 1. The summed E-state index contributed by atoms with van der Waals surface area (Å²) in [4.78, 5) is 11.5. The van der Waals surface area contributed by atoms with Crippen LogP contribution in [0.3, 0.4) is 0 Å². The molecule has 2 rings (SSSR count). The van der Waals surface area contributed by atoms with Gasteiger partial charge in [-0.3, -0.25) is 13.8 Å². The van der Waals surface area contributed by atoms with E-state index in [1.165, 1.54) is 19.2 Å². The van der Waals surface area contributed by atoms with Crippen LogP contribution in [0, 0.1) is 5.82 Å². The minimum Gasteiger partial charge on any atom is -0.469 e. The highest BCUT2D eigenvalue weighted by Gasteiger charge is 2.33. The molecule has 0 saturated carbocycles. The zero-order chi connectivity index (χ0) is 26.7. The number of hydrogen-bond donors (Lipinski definition) is 0. The van der Waals surface area contributed by atoms with Crippen molar-refractivity contribution in [2.45, 2.75) is 78.9 Å². The van der Waals surface area contributed by atoms with E-state index in [2.05, 4.69) is 6.92 Å². The van der Waals surface area contributed by atoms with E-state index in [0.717, 1.165) is 24.0 Å². The molecule has 0 bridgehead atoms. The monoisotopic (exact) mass is 520 g/mol. The fourth-order valence-electron chi connectivity index (χ4n) is 3.56. The third kappa shape index (κ3) is 9.53. The van der Waals surface area contributed by atoms with E-state index in [4.69, 9.17) is 18.3 Å². The summed E-state index contributed by atoms with van der Waals surface area (Å²) >= 11 is 0. The summed E-state index contributed by atoms with van der Waals surface area (Å²) in [6, 6.07) is 13.8. The van der Waals surface area contributed by atoms with Crippen molar-refractivity contribution in [1.82, 2.24) is 0 Å². The molecule has 0 unspecified atom stereocenters. The maximum absolute atomic E-state index is 13.8. The molecule has 0 amide bonds. The SMILES string of the molecule is CCCC/C(OP(=O)(OC(C)C)OC(C)C)=C(/c1ccc(F)cc1)c1ccc(CCC(=O)OC)cc1. The molecular weight excluding hydrogens is 482 g/mol. The summed E-state index contributed by atoms with van der Waals surface area (Å²) in [6.45, 7) is 9.12. The Balaban J connectivity index is 2.61. The average Bonchev–Trinajstić information content (AvgIpc) is 2.81. The van der Waals surface area contributed by atoms with E-state index in [1.54, 1.807) is 39.8 Å². The number of ether oxygens (including phenoxy) is 1. The van der Waals surface area contributed by atoms with Gasteiger partial charge in [-0.05, 0) is 69.4 Å². The van der Waals surface area contributed by atoms with Crippen LogP contribution in [0.25, 0.3) is 5.57 Å². The van der Waals surface area contributed by atoms with Gasteiger partial charge in [0.05, 0.1) is 19.3 Å². The van der Waals surface area contributed by atoms with E-state index in [-0.39, 0.29) is 30.4 Å². The Hall–Kier alpha value is -2.47. The molecule has 8 heteroatoms. The predicted molar refractivity (Wildman–Crippen MR) is 140 cm³/mol. The van der Waals surface area contributed by atoms with E-state index in [9.17, 15) is 13.8 Å². The maximum atomic E-state index is 13.8. The summed E-state index contributed by atoms with van der Waals surface area (Å²) in [7, 11) is -2.58. The number of hydrogen-bond acceptors (Lipinski definition) is 6. The standard InChI is InChI=1S/C28H38FO6P/c1-7-8-9-26(35-36(31,33-20(2)3)34-21(4)5)28(24-15-17-25(29)18-16-24)23-13-10-22(11-14-23)12-19-27(30)32-6/h10-11,13-18,20-21H,7-9,12,19H2,1-6H3/b28-26-. The molecule has 36 heavy (non-hydrogen) atoms. The Labute approximate surface area is 214 Å². The van der Waals surface area contributed by atoms with Crippen LogP contribution in [0.2, 0.25) is 0 Å². The number of aryl methyl sites for hydroxylation is 1. The molecule has 0 aliphatic rings. The largest absolute Gasteiger partial charge is 0.530 e. The van der Waals surface area contributed by atoms with Crippen LogP contribution in [-0.4, -0.2) is 25.3 Å². The minimum atomic E-state index is -3.95. The van der Waals surface area contributed by atoms with E-state index < -0.39 is 7.82 Å². The molecule has 0 aliphatic heterocycles. The molecule has 0 heterocycles. The molecule has 6 nitrogen and oxygen atoms in total. The zero-order valence-electron chi connectivity index (χ0n) is 22.1. The van der Waals surface area contributed by atoms with Crippen molar-refractivity contribution in [1.29, 1.82) is 0 Å². The summed E-state index contributed by atoms with van der Waals surface area (Å²) < 4.78 is 49.6. The van der Waals surface area contributed by atoms with Crippen molar-refractivity contribution in [3.05, 3.63) is 76.8 Å². The third-order valence-corrected chi connectivity index (χ3v) is 6.96. The zero-order valence-corrected chi connectivity index (χ0v) is 23.0. The smallest absolute Gasteiger partial charge is 0.469 e. The number of rotatable bonds is 14. The number of benzene rings is 2. The van der Waals surface area contributed by atoms with Gasteiger partial charge in [-0.2, -0.15) is 0 Å². The van der Waals surface area contributed by atoms with Crippen LogP contribution >= 0.6 is 7.82 Å². The highest BCUT2D eigenvalue weighted by atomic mass is 31.2. The molecule has 0 N–H and O–H groups in total. The first-order chi connectivity index (χ1) is 17.1. The second-order valence-corrected chi connectivity index (χ2v) is 10.5. The molecule has 0 aromatic heterocycles.